The number of hydrogen-bond donors (Lipinski definition) is 5. The average molecular weight is 226 g/mol. The Morgan fingerprint density at radius 3 is 2.29 bits per heavy atom. The summed E-state index contributed by atoms with van der Waals surface area (Å²) in [5.41, 5.74) is 5.16. The first-order chi connectivity index (χ1) is 6.38. The number of aliphatic hydroxyl groups excluding tert-OH is 3. The van der Waals surface area contributed by atoms with Crippen LogP contribution in [0.1, 0.15) is 0 Å². The van der Waals surface area contributed by atoms with E-state index in [-0.39, 0.29) is 0 Å². The lowest BCUT2D eigenvalue weighted by Crippen LogP contribution is -2.49. The molecule has 0 heterocycles. The van der Waals surface area contributed by atoms with Gasteiger partial charge in [0.05, 0.1) is 6.61 Å². The van der Waals surface area contributed by atoms with Gasteiger partial charge in [-0.2, -0.15) is 0 Å². The molecule has 0 saturated heterocycles. The van der Waals surface area contributed by atoms with Crippen LogP contribution in [0, 0.1) is 0 Å². The summed E-state index contributed by atoms with van der Waals surface area (Å²) in [7, 11) is -2.54. The van der Waals surface area contributed by atoms with E-state index in [1.165, 1.54) is 0 Å². The molecule has 0 aliphatic rings. The number of carbonyl (C=O) groups is 1. The van der Waals surface area contributed by atoms with Gasteiger partial charge in [-0.1, -0.05) is 4.57 Å². The zero-order valence-corrected chi connectivity index (χ0v) is 8.22. The summed E-state index contributed by atoms with van der Waals surface area (Å²) in [5.74, 6) is -1.61. The summed E-state index contributed by atoms with van der Waals surface area (Å²) in [6.07, 6.45) is -1.76. The molecule has 7 nitrogen and oxygen atoms in total. The van der Waals surface area contributed by atoms with Crippen LogP contribution in [0.15, 0.2) is 0 Å². The molecule has 2 unspecified atom stereocenters. The minimum Gasteiger partial charge on any atom is -0.477 e. The second-order valence-corrected chi connectivity index (χ2v) is 4.71. The molecular weight excluding hydrogens is 213 g/mol. The van der Waals surface area contributed by atoms with Crippen LogP contribution in [0.2, 0.25) is 0 Å². The van der Waals surface area contributed by atoms with Crippen molar-refractivity contribution in [1.82, 2.24) is 0 Å². The van der Waals surface area contributed by atoms with Gasteiger partial charge in [-0.05, 0) is 0 Å². The zero-order valence-electron chi connectivity index (χ0n) is 7.33. The first kappa shape index (κ1) is 13.4. The molecule has 0 aliphatic carbocycles. The van der Waals surface area contributed by atoms with Crippen LogP contribution in [-0.2, 0) is 9.36 Å². The molecule has 0 bridgehead atoms. The summed E-state index contributed by atoms with van der Waals surface area (Å²) in [6.45, 7) is -1.63. The topological polar surface area (TPSA) is 141 Å². The Bertz CT molecular complexity index is 234. The van der Waals surface area contributed by atoms with Crippen LogP contribution in [-0.4, -0.2) is 57.2 Å². The molecule has 14 heavy (non-hydrogen) atoms. The van der Waals surface area contributed by atoms with Gasteiger partial charge in [-0.25, -0.2) is 4.79 Å². The first-order valence-electron chi connectivity index (χ1n) is 3.75. The molecule has 0 spiro atoms. The van der Waals surface area contributed by atoms with Gasteiger partial charge in [0.15, 0.2) is 6.16 Å². The van der Waals surface area contributed by atoms with Gasteiger partial charge >= 0.3 is 19.1 Å². The summed E-state index contributed by atoms with van der Waals surface area (Å²) in [4.78, 5) is 10.6. The van der Waals surface area contributed by atoms with E-state index in [1.54, 1.807) is 0 Å². The fourth-order valence-electron chi connectivity index (χ4n) is 0.665. The Kier molecular flexibility index (Phi) is 5.11. The van der Waals surface area contributed by atoms with Crippen molar-refractivity contribution in [1.29, 1.82) is 0 Å². The predicted octanol–water partition coefficient (Wildman–Crippen LogP) is -2.10. The normalized spacial score (nSPS) is 18.4. The van der Waals surface area contributed by atoms with E-state index in [2.05, 4.69) is 0 Å². The number of hydrogen-bond acceptors (Lipinski definition) is 6. The average Bonchev–Trinajstić information content (AvgIpc) is 2.15. The summed E-state index contributed by atoms with van der Waals surface area (Å²) < 4.78 is 11.3. The van der Waals surface area contributed by atoms with Crippen LogP contribution in [0.4, 0.5) is 0 Å². The lowest BCUT2D eigenvalue weighted by atomic mass is 10.3. The van der Waals surface area contributed by atoms with Crippen molar-refractivity contribution < 1.29 is 29.8 Å². The van der Waals surface area contributed by atoms with Crippen LogP contribution in [0.3, 0.4) is 0 Å². The van der Waals surface area contributed by atoms with Crippen LogP contribution in [0.5, 0.6) is 0 Å². The maximum absolute atomic E-state index is 11.3. The highest BCUT2D eigenvalue weighted by atomic mass is 31.1. The molecule has 0 aromatic carbocycles. The fourth-order valence-corrected chi connectivity index (χ4v) is 1.86. The molecule has 0 amide bonds. The van der Waals surface area contributed by atoms with Gasteiger partial charge in [0, 0.05) is 0 Å². The van der Waals surface area contributed by atoms with E-state index < -0.39 is 44.5 Å². The third-order valence-corrected chi connectivity index (χ3v) is 3.62. The molecule has 0 saturated carbocycles. The lowest BCUT2D eigenvalue weighted by molar-refractivity contribution is -0.141. The Morgan fingerprint density at radius 1 is 1.50 bits per heavy atom. The number of aliphatic carboxylic acids is 1. The summed E-state index contributed by atoms with van der Waals surface area (Å²) in [6, 6.07) is 0. The van der Waals surface area contributed by atoms with E-state index >= 15 is 0 Å². The second-order valence-electron chi connectivity index (χ2n) is 2.78. The Morgan fingerprint density at radius 2 is 2.00 bits per heavy atom. The number of carboxylic acid groups (broad SMARTS) is 1. The molecule has 8 heteroatoms. The van der Waals surface area contributed by atoms with Gasteiger partial charge in [0.25, 0.3) is 0 Å². The lowest BCUT2D eigenvalue weighted by Gasteiger charge is -2.11. The van der Waals surface area contributed by atoms with Crippen LogP contribution in [0.25, 0.3) is 0 Å². The van der Waals surface area contributed by atoms with Gasteiger partial charge in [-0.3, -0.25) is 5.73 Å². The van der Waals surface area contributed by atoms with Crippen molar-refractivity contribution in [2.75, 3.05) is 19.4 Å². The first-order valence-corrected chi connectivity index (χ1v) is 5.19. The maximum atomic E-state index is 11.3. The molecule has 0 rings (SSSR count). The third-order valence-electron chi connectivity index (χ3n) is 1.64. The standard InChI is InChI=1S/C6H12NO6P/c7-6(3-9,5(11)12)14(13)2-4(10)1-8/h4,8-10H,1-3,7H2/p+1/t4?,6-/m1/s1. The molecule has 0 radical (unpaired) electrons. The molecular formula is C6H13NO6P+. The number of nitrogens with two attached hydrogens (primary N) is 1. The minimum absolute atomic E-state index is 0.463. The molecule has 0 aliphatic heterocycles. The SMILES string of the molecule is N[C@@](CO)(C(=O)O)[P+](=O)CC(O)CO. The highest BCUT2D eigenvalue weighted by Crippen LogP contribution is 2.35. The van der Waals surface area contributed by atoms with E-state index in [0.29, 0.717) is 0 Å². The van der Waals surface area contributed by atoms with Crippen molar-refractivity contribution in [3.8, 4) is 0 Å². The predicted molar refractivity (Wildman–Crippen MR) is 47.2 cm³/mol. The van der Waals surface area contributed by atoms with E-state index in [9.17, 15) is 9.36 Å². The van der Waals surface area contributed by atoms with Crippen molar-refractivity contribution >= 4 is 13.8 Å². The van der Waals surface area contributed by atoms with Crippen molar-refractivity contribution in [2.45, 2.75) is 11.4 Å². The number of carboxylic acids is 1. The maximum Gasteiger partial charge on any atom is 0.377 e. The third kappa shape index (κ3) is 2.97. The van der Waals surface area contributed by atoms with Crippen LogP contribution >= 0.6 is 7.80 Å². The van der Waals surface area contributed by atoms with Crippen molar-refractivity contribution in [3.63, 3.8) is 0 Å². The summed E-state index contributed by atoms with van der Waals surface area (Å²) in [5, 5.41) is 32.3. The Balaban J connectivity index is 4.55. The van der Waals surface area contributed by atoms with E-state index in [1.807, 2.05) is 0 Å². The van der Waals surface area contributed by atoms with Gasteiger partial charge < -0.3 is 20.4 Å². The van der Waals surface area contributed by atoms with Crippen molar-refractivity contribution in [3.05, 3.63) is 0 Å². The second kappa shape index (κ2) is 5.33. The largest absolute Gasteiger partial charge is 0.477 e. The molecule has 3 atom stereocenters. The zero-order chi connectivity index (χ0) is 11.4. The highest BCUT2D eigenvalue weighted by Gasteiger charge is 2.53. The van der Waals surface area contributed by atoms with E-state index in [0.717, 1.165) is 0 Å². The molecule has 0 aromatic heterocycles. The Hall–Kier alpha value is -0.590. The molecule has 6 N–H and O–H groups in total. The van der Waals surface area contributed by atoms with Crippen LogP contribution < -0.4 is 5.73 Å². The number of aliphatic hydroxyl groups is 3. The van der Waals surface area contributed by atoms with Gasteiger partial charge in [-0.15, -0.1) is 0 Å². The summed E-state index contributed by atoms with van der Waals surface area (Å²) >= 11 is 0. The molecule has 0 aromatic rings. The monoisotopic (exact) mass is 226 g/mol. The Labute approximate surface area is 80.9 Å². The van der Waals surface area contributed by atoms with Gasteiger partial charge in [0.2, 0.25) is 0 Å². The minimum atomic E-state index is -2.54. The fraction of sp³-hybridized carbons (Fsp3) is 0.833. The molecule has 0 fully saturated rings. The molecule has 82 valence electrons. The van der Waals surface area contributed by atoms with Crippen molar-refractivity contribution in [2.24, 2.45) is 5.73 Å². The van der Waals surface area contributed by atoms with E-state index in [4.69, 9.17) is 26.2 Å². The number of rotatable bonds is 6. The quantitative estimate of drug-likeness (QED) is 0.326. The highest BCUT2D eigenvalue weighted by molar-refractivity contribution is 7.47. The van der Waals surface area contributed by atoms with Gasteiger partial charge in [0.1, 0.15) is 12.7 Å². The smallest absolute Gasteiger partial charge is 0.377 e.